The van der Waals surface area contributed by atoms with Gasteiger partial charge in [-0.3, -0.25) is 19.2 Å². The normalized spacial score (nSPS) is 22.4. The van der Waals surface area contributed by atoms with Crippen molar-refractivity contribution in [3.63, 3.8) is 0 Å². The second-order valence-electron chi connectivity index (χ2n) is 10.0. The van der Waals surface area contributed by atoms with E-state index in [4.69, 9.17) is 23.1 Å². The van der Waals surface area contributed by atoms with Crippen LogP contribution in [-0.4, -0.2) is 39.8 Å². The van der Waals surface area contributed by atoms with E-state index in [0.29, 0.717) is 34.7 Å². The smallest absolute Gasteiger partial charge is 0.265 e. The third-order valence-corrected chi connectivity index (χ3v) is 7.67. The molecule has 10 heteroatoms. The third kappa shape index (κ3) is 4.24. The zero-order valence-corrected chi connectivity index (χ0v) is 19.4. The molecule has 1 spiro atoms. The van der Waals surface area contributed by atoms with E-state index in [1.807, 2.05) is 0 Å². The van der Waals surface area contributed by atoms with E-state index >= 15 is 0 Å². The average Bonchev–Trinajstić information content (AvgIpc) is 3.67. The highest BCUT2D eigenvalue weighted by atomic mass is 35.5. The Bertz CT molecular complexity index is 1200. The molecule has 34 heavy (non-hydrogen) atoms. The van der Waals surface area contributed by atoms with Gasteiger partial charge in [0.2, 0.25) is 17.7 Å². The fraction of sp³-hybridized carbons (Fsp3) is 0.500. The summed E-state index contributed by atoms with van der Waals surface area (Å²) in [6, 6.07) is 5.07. The summed E-state index contributed by atoms with van der Waals surface area (Å²) in [6.45, 7) is 0. The van der Waals surface area contributed by atoms with Crippen LogP contribution in [0, 0.1) is 11.8 Å². The van der Waals surface area contributed by atoms with Crippen molar-refractivity contribution in [1.29, 1.82) is 0 Å². The molecule has 2 heterocycles. The van der Waals surface area contributed by atoms with E-state index in [1.165, 1.54) is 0 Å². The summed E-state index contributed by atoms with van der Waals surface area (Å²) in [7, 11) is 0. The fourth-order valence-electron chi connectivity index (χ4n) is 5.20. The second kappa shape index (κ2) is 8.30. The van der Waals surface area contributed by atoms with Gasteiger partial charge in [0.25, 0.3) is 5.91 Å². The number of halogens is 1. The van der Waals surface area contributed by atoms with Gasteiger partial charge in [0, 0.05) is 16.8 Å². The van der Waals surface area contributed by atoms with E-state index < -0.39 is 29.8 Å². The summed E-state index contributed by atoms with van der Waals surface area (Å²) in [5, 5.41) is 6.86. The lowest BCUT2D eigenvalue weighted by Crippen LogP contribution is -2.48. The minimum Gasteiger partial charge on any atom is -0.368 e. The first kappa shape index (κ1) is 22.7. The number of nitrogens with one attached hydrogen (secondary N) is 2. The van der Waals surface area contributed by atoms with E-state index in [1.54, 1.807) is 28.8 Å². The van der Waals surface area contributed by atoms with Gasteiger partial charge in [0.1, 0.15) is 17.8 Å². The number of aromatic nitrogens is 1. The van der Waals surface area contributed by atoms with Crippen molar-refractivity contribution in [2.24, 2.45) is 23.3 Å². The van der Waals surface area contributed by atoms with Crippen LogP contribution in [0.25, 0.3) is 10.9 Å². The topological polar surface area (TPSA) is 149 Å². The molecule has 2 aliphatic carbocycles. The first-order chi connectivity index (χ1) is 16.2. The van der Waals surface area contributed by atoms with Crippen molar-refractivity contribution in [3.8, 4) is 0 Å². The summed E-state index contributed by atoms with van der Waals surface area (Å²) in [6.07, 6.45) is 5.08. The van der Waals surface area contributed by atoms with E-state index in [2.05, 4.69) is 10.6 Å². The van der Waals surface area contributed by atoms with Gasteiger partial charge in [-0.1, -0.05) is 36.6 Å². The number of carbonyl (C=O) groups excluding carboxylic acids is 4. The van der Waals surface area contributed by atoms with Crippen molar-refractivity contribution < 1.29 is 19.2 Å². The molecular formula is C24H28ClN5O4. The molecule has 5 rings (SSSR count). The molecule has 6 N–H and O–H groups in total. The summed E-state index contributed by atoms with van der Waals surface area (Å²) in [5.74, 6) is -2.00. The molecule has 3 fully saturated rings. The van der Waals surface area contributed by atoms with Crippen molar-refractivity contribution >= 4 is 46.1 Å². The molecule has 1 unspecified atom stereocenters. The minimum atomic E-state index is -1.01. The Kier molecular flexibility index (Phi) is 5.55. The maximum Gasteiger partial charge on any atom is 0.265 e. The van der Waals surface area contributed by atoms with Crippen molar-refractivity contribution in [3.05, 3.63) is 35.0 Å². The van der Waals surface area contributed by atoms with Gasteiger partial charge in [0.05, 0.1) is 10.5 Å². The first-order valence-corrected chi connectivity index (χ1v) is 12.1. The van der Waals surface area contributed by atoms with Gasteiger partial charge in [-0.25, -0.2) is 0 Å². The van der Waals surface area contributed by atoms with Crippen LogP contribution in [0.3, 0.4) is 0 Å². The number of rotatable bonds is 9. The van der Waals surface area contributed by atoms with Crippen LogP contribution in [0.2, 0.25) is 5.02 Å². The van der Waals surface area contributed by atoms with Gasteiger partial charge >= 0.3 is 0 Å². The molecule has 3 aliphatic rings. The van der Waals surface area contributed by atoms with Gasteiger partial charge in [-0.05, 0) is 50.2 Å². The van der Waals surface area contributed by atoms with Crippen LogP contribution in [0.1, 0.15) is 61.5 Å². The molecule has 3 atom stereocenters. The summed E-state index contributed by atoms with van der Waals surface area (Å²) >= 11 is 6.48. The number of hydrogen-bond acceptors (Lipinski definition) is 4. The number of amides is 4. The number of para-hydroxylation sites is 1. The van der Waals surface area contributed by atoms with Crippen molar-refractivity contribution in [2.75, 3.05) is 0 Å². The molecule has 1 aliphatic heterocycles. The molecule has 4 amide bonds. The quantitative estimate of drug-likeness (QED) is 0.428. The maximum absolute atomic E-state index is 13.6. The number of fused-ring (bicyclic) bond motifs is 1. The van der Waals surface area contributed by atoms with Gasteiger partial charge in [0.15, 0.2) is 0 Å². The second-order valence-corrected chi connectivity index (χ2v) is 10.4. The number of hydrogen-bond donors (Lipinski definition) is 4. The standard InChI is InChI=1S/C24H28ClN5O4/c25-15-3-1-2-13-10-17(21(27)32)30(19(13)15)18(8-12-4-5-12)23(34)28-16(20(26)31)9-14-11-24(6-7-24)29-22(14)33/h1-3,10,12,14,16,18H,4-9,11H2,(H2,26,31)(H2,27,32)(H,28,34)(H,29,33)/t14?,16-,18-/m0/s1. The Balaban J connectivity index is 1.45. The zero-order valence-electron chi connectivity index (χ0n) is 18.7. The van der Waals surface area contributed by atoms with E-state index in [0.717, 1.165) is 25.7 Å². The first-order valence-electron chi connectivity index (χ1n) is 11.7. The SMILES string of the molecule is NC(=O)c1cc2cccc(Cl)c2n1[C@@H](CC1CC1)C(=O)N[C@@H](CC1CC2(CC2)NC1=O)C(N)=O. The maximum atomic E-state index is 13.6. The minimum absolute atomic E-state index is 0.105. The van der Waals surface area contributed by atoms with E-state index in [-0.39, 0.29) is 29.5 Å². The molecule has 2 saturated carbocycles. The summed E-state index contributed by atoms with van der Waals surface area (Å²) < 4.78 is 1.59. The number of nitrogens with two attached hydrogens (primary N) is 2. The largest absolute Gasteiger partial charge is 0.368 e. The third-order valence-electron chi connectivity index (χ3n) is 7.36. The van der Waals surface area contributed by atoms with Crippen LogP contribution in [0.5, 0.6) is 0 Å². The molecule has 0 bridgehead atoms. The monoisotopic (exact) mass is 485 g/mol. The predicted molar refractivity (Wildman–Crippen MR) is 126 cm³/mol. The number of primary amides is 2. The summed E-state index contributed by atoms with van der Waals surface area (Å²) in [5.41, 5.74) is 11.9. The van der Waals surface area contributed by atoms with Crippen LogP contribution in [-0.2, 0) is 14.4 Å². The predicted octanol–water partition coefficient (Wildman–Crippen LogP) is 1.76. The zero-order chi connectivity index (χ0) is 24.2. The van der Waals surface area contributed by atoms with Gasteiger partial charge in [-0.15, -0.1) is 0 Å². The number of carbonyl (C=O) groups is 4. The number of nitrogens with zero attached hydrogens (tertiary/aromatic N) is 1. The van der Waals surface area contributed by atoms with Crippen LogP contribution in [0.4, 0.5) is 0 Å². The van der Waals surface area contributed by atoms with Crippen molar-refractivity contribution in [1.82, 2.24) is 15.2 Å². The Morgan fingerprint density at radius 3 is 2.53 bits per heavy atom. The molecule has 9 nitrogen and oxygen atoms in total. The Morgan fingerprint density at radius 1 is 1.21 bits per heavy atom. The lowest BCUT2D eigenvalue weighted by Gasteiger charge is -2.25. The lowest BCUT2D eigenvalue weighted by atomic mass is 9.95. The molecule has 0 radical (unpaired) electrons. The average molecular weight is 486 g/mol. The number of benzene rings is 1. The highest BCUT2D eigenvalue weighted by molar-refractivity contribution is 6.35. The fourth-order valence-corrected chi connectivity index (χ4v) is 5.47. The highest BCUT2D eigenvalue weighted by Gasteiger charge is 2.52. The molecule has 1 saturated heterocycles. The Labute approximate surface area is 201 Å². The molecule has 1 aromatic carbocycles. The lowest BCUT2D eigenvalue weighted by molar-refractivity contribution is -0.131. The van der Waals surface area contributed by atoms with Crippen LogP contribution < -0.4 is 22.1 Å². The van der Waals surface area contributed by atoms with E-state index in [9.17, 15) is 19.2 Å². The van der Waals surface area contributed by atoms with Crippen LogP contribution >= 0.6 is 11.6 Å². The molecule has 1 aromatic heterocycles. The summed E-state index contributed by atoms with van der Waals surface area (Å²) in [4.78, 5) is 50.6. The Morgan fingerprint density at radius 2 is 1.94 bits per heavy atom. The molecule has 2 aromatic rings. The molecular weight excluding hydrogens is 458 g/mol. The van der Waals surface area contributed by atoms with Gasteiger partial charge < -0.3 is 26.7 Å². The Hall–Kier alpha value is -3.07. The molecule has 180 valence electrons. The van der Waals surface area contributed by atoms with Crippen molar-refractivity contribution in [2.45, 2.75) is 62.6 Å². The van der Waals surface area contributed by atoms with Crippen LogP contribution in [0.15, 0.2) is 24.3 Å². The highest BCUT2D eigenvalue weighted by Crippen LogP contribution is 2.46. The van der Waals surface area contributed by atoms with Gasteiger partial charge in [-0.2, -0.15) is 0 Å².